The molecule has 5 aromatic rings. The van der Waals surface area contributed by atoms with Crippen LogP contribution in [-0.4, -0.2) is 151 Å². The predicted octanol–water partition coefficient (Wildman–Crippen LogP) is 4.82. The maximum atomic E-state index is 13.8. The second-order valence-electron chi connectivity index (χ2n) is 20.4. The van der Waals surface area contributed by atoms with Gasteiger partial charge in [0.25, 0.3) is 17.4 Å². The molecule has 80 heavy (non-hydrogen) atoms. The Balaban J connectivity index is 0.821. The van der Waals surface area contributed by atoms with Crippen LogP contribution in [0.2, 0.25) is 0 Å². The number of anilines is 3. The van der Waals surface area contributed by atoms with Crippen molar-refractivity contribution in [3.8, 4) is 11.5 Å². The molecule has 24 heteroatoms. The lowest BCUT2D eigenvalue weighted by Crippen LogP contribution is -2.48. The van der Waals surface area contributed by atoms with Crippen LogP contribution in [0.15, 0.2) is 106 Å². The van der Waals surface area contributed by atoms with E-state index in [2.05, 4.69) is 47.1 Å². The van der Waals surface area contributed by atoms with Gasteiger partial charge >= 0.3 is 6.03 Å². The van der Waals surface area contributed by atoms with E-state index in [9.17, 15) is 28.8 Å². The summed E-state index contributed by atoms with van der Waals surface area (Å²) in [4.78, 5) is 90.3. The van der Waals surface area contributed by atoms with E-state index in [1.54, 1.807) is 67.4 Å². The number of carbonyl (C=O) groups is 5. The number of aromatic nitrogens is 3. The van der Waals surface area contributed by atoms with Crippen LogP contribution in [0.1, 0.15) is 66.8 Å². The number of nitrogens with one attached hydrogen (secondary N) is 7. The Bertz CT molecular complexity index is 3220. The van der Waals surface area contributed by atoms with E-state index < -0.39 is 17.0 Å². The number of urea groups is 1. The summed E-state index contributed by atoms with van der Waals surface area (Å²) in [7, 11) is 10.4. The number of likely N-dealkylation sites (N-methyl/N-ethyl adjacent to an activating group) is 3. The first-order valence-electron chi connectivity index (χ1n) is 26.2. The maximum Gasteiger partial charge on any atom is 0.319 e. The number of nitrogens with two attached hydrogens (primary N) is 1. The third-order valence-corrected chi connectivity index (χ3v) is 14.2. The van der Waals surface area contributed by atoms with Gasteiger partial charge in [-0.1, -0.05) is 48.0 Å². The Morgan fingerprint density at radius 2 is 1.69 bits per heavy atom. The highest BCUT2D eigenvalue weighted by molar-refractivity contribution is 6.29. The van der Waals surface area contributed by atoms with E-state index in [1.165, 1.54) is 24.8 Å². The second kappa shape index (κ2) is 26.5. The number of hydrogen-bond acceptors (Lipinski definition) is 13. The van der Waals surface area contributed by atoms with Crippen molar-refractivity contribution in [2.24, 2.45) is 23.7 Å². The smallest absolute Gasteiger partial charge is 0.319 e. The summed E-state index contributed by atoms with van der Waals surface area (Å²) in [6.45, 7) is 8.48. The molecule has 7 rings (SSSR count). The van der Waals surface area contributed by atoms with Crippen molar-refractivity contribution in [1.29, 1.82) is 0 Å². The van der Waals surface area contributed by atoms with Gasteiger partial charge in [0.2, 0.25) is 11.8 Å². The number of carbonyl (C=O) groups excluding carboxylic acids is 5. The number of aromatic amines is 1. The van der Waals surface area contributed by atoms with E-state index >= 15 is 0 Å². The average Bonchev–Trinajstić information content (AvgIpc) is 4.19. The third-order valence-electron chi connectivity index (χ3n) is 14.0. The molecule has 1 atom stereocenters. The quantitative estimate of drug-likeness (QED) is 0.0278. The summed E-state index contributed by atoms with van der Waals surface area (Å²) in [5, 5.41) is 26.0. The molecular weight excluding hydrogens is 1050 g/mol. The lowest BCUT2D eigenvalue weighted by molar-refractivity contribution is -0.126. The molecule has 1 saturated heterocycles. The van der Waals surface area contributed by atoms with Gasteiger partial charge in [-0.05, 0) is 96.7 Å². The number of guanidine groups is 1. The Labute approximate surface area is 469 Å². The summed E-state index contributed by atoms with van der Waals surface area (Å²) < 4.78 is 12.5. The average molecular weight is 1120 g/mol. The molecule has 2 aliphatic rings. The molecule has 2 aromatic heterocycles. The highest BCUT2D eigenvalue weighted by Crippen LogP contribution is 2.41. The molecule has 0 unspecified atom stereocenters. The van der Waals surface area contributed by atoms with E-state index in [4.69, 9.17) is 26.8 Å². The minimum absolute atomic E-state index is 0.00786. The molecule has 426 valence electrons. The lowest BCUT2D eigenvalue weighted by Gasteiger charge is -2.34. The normalized spacial score (nSPS) is 15.1. The van der Waals surface area contributed by atoms with Crippen LogP contribution in [-0.2, 0) is 33.5 Å². The highest BCUT2D eigenvalue weighted by Gasteiger charge is 2.44. The maximum absolute atomic E-state index is 13.8. The number of likely N-dealkylation sites (tertiary alicyclic amines) is 1. The Morgan fingerprint density at radius 1 is 0.975 bits per heavy atom. The largest absolute Gasteiger partial charge is 0.494 e. The number of halogens is 1. The zero-order valence-corrected chi connectivity index (χ0v) is 47.4. The van der Waals surface area contributed by atoms with E-state index in [-0.39, 0.29) is 66.4 Å². The zero-order valence-electron chi connectivity index (χ0n) is 46.7. The molecule has 3 aromatic carbocycles. The number of H-pyrrole nitrogens is 1. The zero-order chi connectivity index (χ0) is 57.8. The highest BCUT2D eigenvalue weighted by atomic mass is 35.5. The fourth-order valence-electron chi connectivity index (χ4n) is 9.47. The van der Waals surface area contributed by atoms with Crippen molar-refractivity contribution in [2.45, 2.75) is 51.7 Å². The van der Waals surface area contributed by atoms with Crippen LogP contribution >= 0.6 is 11.6 Å². The van der Waals surface area contributed by atoms with Gasteiger partial charge in [-0.3, -0.25) is 29.1 Å². The van der Waals surface area contributed by atoms with Crippen LogP contribution in [0.4, 0.5) is 22.0 Å². The number of rotatable bonds is 21. The summed E-state index contributed by atoms with van der Waals surface area (Å²) in [5.74, 6) is -0.154. The number of aliphatic imine (C=N–C) groups is 1. The summed E-state index contributed by atoms with van der Waals surface area (Å²) >= 11 is 6.51. The minimum Gasteiger partial charge on any atom is -0.494 e. The summed E-state index contributed by atoms with van der Waals surface area (Å²) in [5.41, 5.74) is 9.70. The fraction of sp³-hybridized carbons (Fsp3) is 0.393. The molecule has 9 N–H and O–H groups in total. The first kappa shape index (κ1) is 59.3. The van der Waals surface area contributed by atoms with Crippen molar-refractivity contribution < 1.29 is 33.4 Å². The van der Waals surface area contributed by atoms with Crippen molar-refractivity contribution in [2.75, 3.05) is 97.1 Å². The monoisotopic (exact) mass is 1120 g/mol. The number of methoxy groups -OCH3 is 1. The van der Waals surface area contributed by atoms with Gasteiger partial charge in [0.15, 0.2) is 24.1 Å². The number of amides is 6. The molecule has 2 aliphatic heterocycles. The molecule has 0 saturated carbocycles. The minimum atomic E-state index is -0.727. The molecule has 6 amide bonds. The molecule has 0 spiro atoms. The Kier molecular flexibility index (Phi) is 19.6. The number of benzene rings is 3. The number of hydrogen-bond donors (Lipinski definition) is 8. The van der Waals surface area contributed by atoms with Gasteiger partial charge in [0.1, 0.15) is 11.6 Å². The van der Waals surface area contributed by atoms with Gasteiger partial charge in [0, 0.05) is 99.3 Å². The van der Waals surface area contributed by atoms with Crippen molar-refractivity contribution in [3.05, 3.63) is 129 Å². The number of pyridine rings is 1. The third kappa shape index (κ3) is 14.6. The number of fused-ring (bicyclic) bond motifs is 2. The van der Waals surface area contributed by atoms with Crippen LogP contribution in [0.3, 0.4) is 0 Å². The Morgan fingerprint density at radius 3 is 2.35 bits per heavy atom. The SMILES string of the molecule is CNC(=O)COc1cc2cc(NC(/N=C(\N)N3CCC(C(=O)NCCN(C)C/C=C/C(=O)Nc4ccc(C(=O)Nc5n[nH]c6c5CN(C(=O)N[C@H](CN(C)C)c5ccccc5)C6(C)C)cc4)CC3)=C(/C)Cl)cc(OC)c2n(C)c1=O. The van der Waals surface area contributed by atoms with Gasteiger partial charge in [-0.25, -0.2) is 4.79 Å². The number of allylic oxidation sites excluding steroid dienone is 1. The molecule has 0 radical (unpaired) electrons. The van der Waals surface area contributed by atoms with Crippen LogP contribution < -0.4 is 52.7 Å². The second-order valence-corrected chi connectivity index (χ2v) is 21.0. The van der Waals surface area contributed by atoms with Crippen LogP contribution in [0.5, 0.6) is 11.5 Å². The van der Waals surface area contributed by atoms with Crippen molar-refractivity contribution in [3.63, 3.8) is 0 Å². The number of nitrogens with zero attached hydrogens (tertiary/aromatic N) is 7. The molecular formula is C56H72ClN15O8. The number of ether oxygens (including phenoxy) is 2. The standard InChI is InChI=1S/C56H72ClN15O8/c1-34(57)49(62-40-28-38-29-44(80-33-46(74)59-4)53(77)70(8)47(38)43(30-40)79-9)65-54(58)71-25-21-37(22-26-71)51(75)60-23-27-69(7)24-13-16-45(73)61-39-19-17-36(18-20-39)52(76)64-50-41-31-72(56(2,3)48(41)66-67-50)55(78)63-42(32-68(5)6)35-14-11-10-12-15-35/h10-20,28-30,37,42,62H,21-27,31-33H2,1-9H3,(H2,58,65)(H,59,74)(H,60,75)(H,61,73)(H,63,78)(H2,64,66,67,76)/b16-13+,49-34+/t42-/m1/s1. The van der Waals surface area contributed by atoms with Gasteiger partial charge in [0.05, 0.1) is 41.5 Å². The summed E-state index contributed by atoms with van der Waals surface area (Å²) in [6, 6.07) is 20.9. The van der Waals surface area contributed by atoms with Crippen molar-refractivity contribution in [1.82, 2.24) is 50.3 Å². The topological polar surface area (TPSA) is 278 Å². The summed E-state index contributed by atoms with van der Waals surface area (Å²) in [6.07, 6.45) is 4.29. The molecule has 23 nitrogen and oxygen atoms in total. The van der Waals surface area contributed by atoms with Gasteiger partial charge in [-0.2, -0.15) is 10.1 Å². The first-order valence-corrected chi connectivity index (χ1v) is 26.5. The molecule has 4 heterocycles. The number of aryl methyl sites for hydroxylation is 1. The molecule has 0 bridgehead atoms. The predicted molar refractivity (Wildman–Crippen MR) is 309 cm³/mol. The van der Waals surface area contributed by atoms with E-state index in [0.717, 1.165) is 16.8 Å². The van der Waals surface area contributed by atoms with Gasteiger partial charge in [-0.15, -0.1) is 0 Å². The number of piperidine rings is 1. The van der Waals surface area contributed by atoms with Crippen LogP contribution in [0, 0.1) is 5.92 Å². The fourth-order valence-corrected chi connectivity index (χ4v) is 9.56. The van der Waals surface area contributed by atoms with Gasteiger partial charge < -0.3 is 71.3 Å². The van der Waals surface area contributed by atoms with E-state index in [0.29, 0.717) is 96.6 Å². The lowest BCUT2D eigenvalue weighted by atomic mass is 9.96. The van der Waals surface area contributed by atoms with Crippen LogP contribution in [0.25, 0.3) is 10.9 Å². The van der Waals surface area contributed by atoms with Crippen molar-refractivity contribution >= 4 is 75.3 Å². The van der Waals surface area contributed by atoms with E-state index in [1.807, 2.05) is 80.0 Å². The molecule has 0 aliphatic carbocycles. The Hall–Kier alpha value is -8.41. The first-order chi connectivity index (χ1) is 38.2. The molecule has 1 fully saturated rings.